The average Bonchev–Trinajstić information content (AvgIpc) is 3.05. The number of aryl methyl sites for hydroxylation is 1. The number of guanidine groups is 1. The van der Waals surface area contributed by atoms with E-state index in [2.05, 4.69) is 66.5 Å². The molecule has 0 aliphatic rings. The van der Waals surface area contributed by atoms with Crippen LogP contribution in [0, 0.1) is 6.92 Å². The van der Waals surface area contributed by atoms with E-state index in [9.17, 15) is 0 Å². The maximum absolute atomic E-state index is 5.93. The zero-order valence-corrected chi connectivity index (χ0v) is 17.5. The number of hydrogen-bond acceptors (Lipinski definition) is 4. The fraction of sp³-hybridized carbons (Fsp3) is 0.524. The molecule has 0 fully saturated rings. The van der Waals surface area contributed by atoms with Crippen LogP contribution in [-0.2, 0) is 18.5 Å². The molecule has 1 aromatic heterocycles. The molecule has 0 saturated heterocycles. The van der Waals surface area contributed by atoms with Crippen LogP contribution >= 0.6 is 0 Å². The molecule has 2 aromatic rings. The maximum atomic E-state index is 5.93. The van der Waals surface area contributed by atoms with Crippen LogP contribution in [0.15, 0.2) is 33.8 Å². The Labute approximate surface area is 162 Å². The summed E-state index contributed by atoms with van der Waals surface area (Å²) >= 11 is 0. The van der Waals surface area contributed by atoms with Gasteiger partial charge in [-0.3, -0.25) is 4.99 Å². The van der Waals surface area contributed by atoms with Crippen LogP contribution in [-0.4, -0.2) is 24.1 Å². The predicted molar refractivity (Wildman–Crippen MR) is 109 cm³/mol. The molecule has 0 unspecified atom stereocenters. The number of hydrogen-bond donors (Lipinski definition) is 2. The molecular formula is C21H32N4O2. The van der Waals surface area contributed by atoms with E-state index >= 15 is 0 Å². The minimum absolute atomic E-state index is 0.0522. The van der Waals surface area contributed by atoms with E-state index < -0.39 is 0 Å². The molecular weight excluding hydrogens is 340 g/mol. The number of nitrogens with one attached hydrogen (secondary N) is 2. The molecule has 0 radical (unpaired) electrons. The Bertz CT molecular complexity index is 773. The number of benzene rings is 1. The van der Waals surface area contributed by atoms with Gasteiger partial charge in [-0.15, -0.1) is 0 Å². The first-order valence-electron chi connectivity index (χ1n) is 9.35. The molecule has 0 bridgehead atoms. The Kier molecular flexibility index (Phi) is 6.88. The largest absolute Gasteiger partial charge is 0.491 e. The number of aliphatic imine (C=N–C) groups is 1. The van der Waals surface area contributed by atoms with E-state index in [1.54, 1.807) is 13.2 Å². The molecule has 0 aliphatic heterocycles. The molecule has 0 saturated carbocycles. The van der Waals surface area contributed by atoms with Gasteiger partial charge >= 0.3 is 0 Å². The Morgan fingerprint density at radius 3 is 2.52 bits per heavy atom. The number of rotatable bonds is 6. The van der Waals surface area contributed by atoms with Crippen molar-refractivity contribution in [1.29, 1.82) is 0 Å². The highest BCUT2D eigenvalue weighted by atomic mass is 16.5. The van der Waals surface area contributed by atoms with Gasteiger partial charge in [-0.1, -0.05) is 32.9 Å². The molecule has 0 spiro atoms. The Morgan fingerprint density at radius 1 is 1.22 bits per heavy atom. The van der Waals surface area contributed by atoms with Crippen molar-refractivity contribution in [3.63, 3.8) is 0 Å². The zero-order chi connectivity index (χ0) is 20.0. The van der Waals surface area contributed by atoms with Gasteiger partial charge in [-0.2, -0.15) is 0 Å². The van der Waals surface area contributed by atoms with Gasteiger partial charge in [0.05, 0.1) is 18.8 Å². The third-order valence-electron chi connectivity index (χ3n) is 3.96. The third-order valence-corrected chi connectivity index (χ3v) is 3.96. The first-order valence-corrected chi connectivity index (χ1v) is 9.35. The smallest absolute Gasteiger partial charge is 0.213 e. The molecule has 6 heteroatoms. The summed E-state index contributed by atoms with van der Waals surface area (Å²) in [6.45, 7) is 13.5. The minimum atomic E-state index is -0.0522. The van der Waals surface area contributed by atoms with Gasteiger partial charge in [0.1, 0.15) is 11.5 Å². The quantitative estimate of drug-likeness (QED) is 0.594. The van der Waals surface area contributed by atoms with Gasteiger partial charge < -0.3 is 19.8 Å². The normalized spacial score (nSPS) is 12.4. The lowest BCUT2D eigenvalue weighted by Crippen LogP contribution is -2.36. The molecule has 27 heavy (non-hydrogen) atoms. The van der Waals surface area contributed by atoms with Crippen LogP contribution in [0.4, 0.5) is 0 Å². The van der Waals surface area contributed by atoms with E-state index in [4.69, 9.17) is 9.15 Å². The minimum Gasteiger partial charge on any atom is -0.491 e. The van der Waals surface area contributed by atoms with E-state index in [-0.39, 0.29) is 11.5 Å². The van der Waals surface area contributed by atoms with Gasteiger partial charge in [-0.25, -0.2) is 4.98 Å². The number of nitrogens with zero attached hydrogens (tertiary/aromatic N) is 2. The molecule has 0 aliphatic carbocycles. The highest BCUT2D eigenvalue weighted by molar-refractivity contribution is 5.79. The summed E-state index contributed by atoms with van der Waals surface area (Å²) in [7, 11) is 1.74. The second-order valence-corrected chi connectivity index (χ2v) is 7.93. The summed E-state index contributed by atoms with van der Waals surface area (Å²) < 4.78 is 11.7. The third kappa shape index (κ3) is 6.31. The topological polar surface area (TPSA) is 71.7 Å². The molecule has 148 valence electrons. The lowest BCUT2D eigenvalue weighted by Gasteiger charge is -2.17. The van der Waals surface area contributed by atoms with Crippen LogP contribution in [0.1, 0.15) is 57.4 Å². The van der Waals surface area contributed by atoms with Crippen LogP contribution in [0.2, 0.25) is 0 Å². The summed E-state index contributed by atoms with van der Waals surface area (Å²) in [5.74, 6) is 3.09. The highest BCUT2D eigenvalue weighted by Crippen LogP contribution is 2.23. The number of oxazole rings is 1. The van der Waals surface area contributed by atoms with Crippen LogP contribution in [0.5, 0.6) is 5.75 Å². The van der Waals surface area contributed by atoms with Crippen molar-refractivity contribution in [3.8, 4) is 5.75 Å². The maximum Gasteiger partial charge on any atom is 0.213 e. The van der Waals surface area contributed by atoms with Gasteiger partial charge in [0.2, 0.25) is 5.89 Å². The lowest BCUT2D eigenvalue weighted by molar-refractivity contribution is 0.239. The molecule has 0 atom stereocenters. The highest BCUT2D eigenvalue weighted by Gasteiger charge is 2.19. The standard InChI is InChI=1S/C21H32N4O2/c1-14(2)26-17-10-15(3)8-9-16(17)11-24-20(22-7)25-13-19-23-12-18(27-19)21(4,5)6/h8-10,12,14H,11,13H2,1-7H3,(H2,22,24,25). The van der Waals surface area contributed by atoms with Crippen molar-refractivity contribution in [2.45, 2.75) is 66.2 Å². The molecule has 6 nitrogen and oxygen atoms in total. The predicted octanol–water partition coefficient (Wildman–Crippen LogP) is 3.93. The van der Waals surface area contributed by atoms with Crippen LogP contribution < -0.4 is 15.4 Å². The molecule has 1 heterocycles. The second kappa shape index (κ2) is 8.93. The van der Waals surface area contributed by atoms with Crippen molar-refractivity contribution in [2.24, 2.45) is 4.99 Å². The monoisotopic (exact) mass is 372 g/mol. The van der Waals surface area contributed by atoms with Gasteiger partial charge in [-0.05, 0) is 32.4 Å². The number of aromatic nitrogens is 1. The van der Waals surface area contributed by atoms with E-state index in [1.165, 1.54) is 5.56 Å². The van der Waals surface area contributed by atoms with Gasteiger partial charge in [0, 0.05) is 24.6 Å². The first kappa shape index (κ1) is 20.8. The summed E-state index contributed by atoms with van der Waals surface area (Å²) in [6.07, 6.45) is 1.92. The summed E-state index contributed by atoms with van der Waals surface area (Å²) in [6, 6.07) is 6.23. The van der Waals surface area contributed by atoms with Crippen LogP contribution in [0.25, 0.3) is 0 Å². The van der Waals surface area contributed by atoms with Crippen LogP contribution in [0.3, 0.4) is 0 Å². The zero-order valence-electron chi connectivity index (χ0n) is 17.5. The summed E-state index contributed by atoms with van der Waals surface area (Å²) in [5, 5.41) is 6.55. The van der Waals surface area contributed by atoms with Crippen molar-refractivity contribution in [2.75, 3.05) is 7.05 Å². The fourth-order valence-corrected chi connectivity index (χ4v) is 2.47. The van der Waals surface area contributed by atoms with Crippen molar-refractivity contribution in [3.05, 3.63) is 47.2 Å². The Hall–Kier alpha value is -2.50. The van der Waals surface area contributed by atoms with E-state index in [1.807, 2.05) is 13.8 Å². The first-order chi connectivity index (χ1) is 12.7. The Balaban J connectivity index is 1.95. The van der Waals surface area contributed by atoms with Gasteiger partial charge in [0.15, 0.2) is 5.96 Å². The second-order valence-electron chi connectivity index (χ2n) is 7.93. The van der Waals surface area contributed by atoms with Crippen molar-refractivity contribution >= 4 is 5.96 Å². The molecule has 2 N–H and O–H groups in total. The average molecular weight is 373 g/mol. The fourth-order valence-electron chi connectivity index (χ4n) is 2.47. The number of ether oxygens (including phenoxy) is 1. The van der Waals surface area contributed by atoms with E-state index in [0.717, 1.165) is 17.1 Å². The molecule has 0 amide bonds. The summed E-state index contributed by atoms with van der Waals surface area (Å²) in [4.78, 5) is 8.60. The van der Waals surface area contributed by atoms with E-state index in [0.29, 0.717) is 24.9 Å². The van der Waals surface area contributed by atoms with Crippen molar-refractivity contribution < 1.29 is 9.15 Å². The SMILES string of the molecule is CN=C(NCc1ncc(C(C)(C)C)o1)NCc1ccc(C)cc1OC(C)C. The molecule has 2 rings (SSSR count). The lowest BCUT2D eigenvalue weighted by atomic mass is 9.94. The summed E-state index contributed by atoms with van der Waals surface area (Å²) in [5.41, 5.74) is 2.21. The Morgan fingerprint density at radius 2 is 1.93 bits per heavy atom. The van der Waals surface area contributed by atoms with Gasteiger partial charge in [0.25, 0.3) is 0 Å². The van der Waals surface area contributed by atoms with Crippen molar-refractivity contribution in [1.82, 2.24) is 15.6 Å². The molecule has 1 aromatic carbocycles.